The topological polar surface area (TPSA) is 87.2 Å². The van der Waals surface area contributed by atoms with Gasteiger partial charge in [-0.3, -0.25) is 15.0 Å². The molecule has 1 saturated heterocycles. The molecule has 0 radical (unpaired) electrons. The molecular formula is C23H25N3O2. The molecule has 1 aliphatic heterocycles. The highest BCUT2D eigenvalue weighted by molar-refractivity contribution is 6.30. The Hall–Kier alpha value is -3.21. The lowest BCUT2D eigenvalue weighted by Gasteiger charge is -2.20. The zero-order chi connectivity index (χ0) is 20.6. The number of amides is 2. The number of carbonyl (C=O) groups is 2. The van der Waals surface area contributed by atoms with E-state index in [1.165, 1.54) is 4.90 Å². The van der Waals surface area contributed by atoms with Crippen LogP contribution in [-0.2, 0) is 15.0 Å². The fourth-order valence-corrected chi connectivity index (χ4v) is 3.29. The Morgan fingerprint density at radius 3 is 2.00 bits per heavy atom. The van der Waals surface area contributed by atoms with Crippen LogP contribution in [0.3, 0.4) is 0 Å². The van der Waals surface area contributed by atoms with Gasteiger partial charge in [0.1, 0.15) is 5.84 Å². The molecule has 1 fully saturated rings. The minimum atomic E-state index is -0.276. The number of hydrogen-bond acceptors (Lipinski definition) is 3. The molecule has 3 N–H and O–H groups in total. The average Bonchev–Trinajstić information content (AvgIpc) is 2.95. The van der Waals surface area contributed by atoms with Gasteiger partial charge in [-0.1, -0.05) is 57.2 Å². The van der Waals surface area contributed by atoms with Gasteiger partial charge >= 0.3 is 0 Å². The van der Waals surface area contributed by atoms with Gasteiger partial charge < -0.3 is 5.73 Å². The molecular weight excluding hydrogens is 350 g/mol. The predicted molar refractivity (Wildman–Crippen MR) is 112 cm³/mol. The molecule has 1 aliphatic rings. The molecule has 0 saturated carbocycles. The van der Waals surface area contributed by atoms with E-state index >= 15 is 0 Å². The molecule has 28 heavy (non-hydrogen) atoms. The number of carbonyl (C=O) groups excluding carboxylic acids is 2. The summed E-state index contributed by atoms with van der Waals surface area (Å²) in [5.74, 6) is -0.501. The van der Waals surface area contributed by atoms with Crippen molar-refractivity contribution in [3.63, 3.8) is 0 Å². The first kappa shape index (κ1) is 19.5. The third kappa shape index (κ3) is 3.60. The minimum Gasteiger partial charge on any atom is -0.384 e. The number of allylic oxidation sites excluding steroid dienone is 1. The van der Waals surface area contributed by atoms with Crippen LogP contribution in [0.5, 0.6) is 0 Å². The molecule has 0 aromatic heterocycles. The van der Waals surface area contributed by atoms with E-state index in [0.29, 0.717) is 16.8 Å². The highest BCUT2D eigenvalue weighted by atomic mass is 16.2. The van der Waals surface area contributed by atoms with Crippen molar-refractivity contribution in [1.29, 1.82) is 5.41 Å². The summed E-state index contributed by atoms with van der Waals surface area (Å²) in [6.07, 6.45) is 0.0835. The Bertz CT molecular complexity index is 978. The Balaban J connectivity index is 1.92. The second-order valence-electron chi connectivity index (χ2n) is 8.10. The number of amidine groups is 1. The van der Waals surface area contributed by atoms with Crippen LogP contribution >= 0.6 is 0 Å². The van der Waals surface area contributed by atoms with Crippen LogP contribution in [0.15, 0.2) is 54.1 Å². The van der Waals surface area contributed by atoms with Crippen molar-refractivity contribution in [2.75, 3.05) is 4.90 Å². The summed E-state index contributed by atoms with van der Waals surface area (Å²) in [5, 5.41) is 7.47. The third-order valence-electron chi connectivity index (χ3n) is 5.11. The maximum absolute atomic E-state index is 13.0. The monoisotopic (exact) mass is 375 g/mol. The fraction of sp³-hybridized carbons (Fsp3) is 0.261. The van der Waals surface area contributed by atoms with Gasteiger partial charge in [0, 0.05) is 11.1 Å². The largest absolute Gasteiger partial charge is 0.384 e. The highest BCUT2D eigenvalue weighted by Crippen LogP contribution is 2.32. The minimum absolute atomic E-state index is 0.00520. The summed E-state index contributed by atoms with van der Waals surface area (Å²) in [6.45, 7) is 8.21. The van der Waals surface area contributed by atoms with Gasteiger partial charge in [0.05, 0.1) is 12.1 Å². The van der Waals surface area contributed by atoms with Crippen LogP contribution in [0, 0.1) is 5.41 Å². The summed E-state index contributed by atoms with van der Waals surface area (Å²) in [4.78, 5) is 26.8. The van der Waals surface area contributed by atoms with E-state index in [2.05, 4.69) is 20.8 Å². The summed E-state index contributed by atoms with van der Waals surface area (Å²) in [6, 6.07) is 14.7. The number of nitrogens with two attached hydrogens (primary N) is 1. The SMILES string of the molecule is C/C(=C1\CC(=O)N(c2ccc(C(C)(C)C)cc2)C1=O)c1ccc(C(=N)N)cc1. The number of benzene rings is 2. The second-order valence-corrected chi connectivity index (χ2v) is 8.10. The number of nitrogen functional groups attached to an aromatic ring is 1. The summed E-state index contributed by atoms with van der Waals surface area (Å²) in [5.41, 5.74) is 9.96. The molecule has 3 rings (SSSR count). The van der Waals surface area contributed by atoms with E-state index in [-0.39, 0.29) is 29.5 Å². The molecule has 0 unspecified atom stereocenters. The van der Waals surface area contributed by atoms with Crippen molar-refractivity contribution < 1.29 is 9.59 Å². The first-order chi connectivity index (χ1) is 13.1. The van der Waals surface area contributed by atoms with Gasteiger partial charge in [0.2, 0.25) is 5.91 Å². The van der Waals surface area contributed by atoms with Crippen LogP contribution < -0.4 is 10.6 Å². The van der Waals surface area contributed by atoms with Crippen LogP contribution in [0.4, 0.5) is 5.69 Å². The van der Waals surface area contributed by atoms with Gasteiger partial charge in [0.25, 0.3) is 5.91 Å². The lowest BCUT2D eigenvalue weighted by molar-refractivity contribution is -0.120. The number of anilines is 1. The first-order valence-electron chi connectivity index (χ1n) is 9.22. The number of imide groups is 1. The van der Waals surface area contributed by atoms with Crippen LogP contribution in [0.1, 0.15) is 50.8 Å². The molecule has 5 heteroatoms. The summed E-state index contributed by atoms with van der Waals surface area (Å²) >= 11 is 0. The predicted octanol–water partition coefficient (Wildman–Crippen LogP) is 4.01. The number of hydrogen-bond donors (Lipinski definition) is 2. The first-order valence-corrected chi connectivity index (χ1v) is 9.22. The number of nitrogens with one attached hydrogen (secondary N) is 1. The maximum atomic E-state index is 13.0. The van der Waals surface area contributed by atoms with E-state index in [1.807, 2.05) is 43.3 Å². The Labute approximate surface area is 165 Å². The Kier molecular flexibility index (Phi) is 4.94. The van der Waals surface area contributed by atoms with Gasteiger partial charge in [-0.05, 0) is 41.2 Å². The van der Waals surface area contributed by atoms with Crippen molar-refractivity contribution in [2.24, 2.45) is 5.73 Å². The van der Waals surface area contributed by atoms with Crippen LogP contribution in [0.25, 0.3) is 5.57 Å². The standard InChI is InChI=1S/C23H25N3O2/c1-14(15-5-7-16(8-6-15)21(24)25)19-13-20(27)26(22(19)28)18-11-9-17(10-12-18)23(2,3)4/h5-12H,13H2,1-4H3,(H3,24,25)/b19-14-. The summed E-state index contributed by atoms with van der Waals surface area (Å²) in [7, 11) is 0. The van der Waals surface area contributed by atoms with Crippen molar-refractivity contribution in [3.05, 3.63) is 70.8 Å². The average molecular weight is 375 g/mol. The van der Waals surface area contributed by atoms with Gasteiger partial charge in [-0.2, -0.15) is 0 Å². The smallest absolute Gasteiger partial charge is 0.261 e. The molecule has 2 aromatic carbocycles. The third-order valence-corrected chi connectivity index (χ3v) is 5.11. The molecule has 2 amide bonds. The zero-order valence-corrected chi connectivity index (χ0v) is 16.7. The Morgan fingerprint density at radius 2 is 1.50 bits per heavy atom. The van der Waals surface area contributed by atoms with Crippen LogP contribution in [0.2, 0.25) is 0 Å². The lowest BCUT2D eigenvalue weighted by atomic mass is 9.87. The van der Waals surface area contributed by atoms with Crippen molar-refractivity contribution >= 4 is 28.9 Å². The quantitative estimate of drug-likeness (QED) is 0.368. The van der Waals surface area contributed by atoms with Crippen LogP contribution in [-0.4, -0.2) is 17.6 Å². The van der Waals surface area contributed by atoms with Gasteiger partial charge in [0.15, 0.2) is 0 Å². The molecule has 5 nitrogen and oxygen atoms in total. The van der Waals surface area contributed by atoms with Crippen molar-refractivity contribution in [1.82, 2.24) is 0 Å². The van der Waals surface area contributed by atoms with Crippen molar-refractivity contribution in [2.45, 2.75) is 39.5 Å². The van der Waals surface area contributed by atoms with Gasteiger partial charge in [-0.25, -0.2) is 4.90 Å². The lowest BCUT2D eigenvalue weighted by Crippen LogP contribution is -2.29. The highest BCUT2D eigenvalue weighted by Gasteiger charge is 2.36. The maximum Gasteiger partial charge on any atom is 0.261 e. The van der Waals surface area contributed by atoms with E-state index in [1.54, 1.807) is 12.1 Å². The molecule has 0 aliphatic carbocycles. The fourth-order valence-electron chi connectivity index (χ4n) is 3.29. The number of rotatable bonds is 3. The van der Waals surface area contributed by atoms with E-state index in [9.17, 15) is 9.59 Å². The molecule has 0 atom stereocenters. The second kappa shape index (κ2) is 7.08. The summed E-state index contributed by atoms with van der Waals surface area (Å²) < 4.78 is 0. The van der Waals surface area contributed by atoms with E-state index in [0.717, 1.165) is 16.7 Å². The molecule has 0 bridgehead atoms. The molecule has 1 heterocycles. The molecule has 0 spiro atoms. The number of nitrogens with zero attached hydrogens (tertiary/aromatic N) is 1. The van der Waals surface area contributed by atoms with E-state index < -0.39 is 0 Å². The molecule has 2 aromatic rings. The normalized spacial score (nSPS) is 16.5. The van der Waals surface area contributed by atoms with E-state index in [4.69, 9.17) is 11.1 Å². The van der Waals surface area contributed by atoms with Crippen molar-refractivity contribution in [3.8, 4) is 0 Å². The Morgan fingerprint density at radius 1 is 0.964 bits per heavy atom. The zero-order valence-electron chi connectivity index (χ0n) is 16.7. The van der Waals surface area contributed by atoms with Gasteiger partial charge in [-0.15, -0.1) is 0 Å². The molecule has 144 valence electrons.